The second kappa shape index (κ2) is 5.88. The third kappa shape index (κ3) is 2.49. The number of hydrogen-bond acceptors (Lipinski definition) is 5. The summed E-state index contributed by atoms with van der Waals surface area (Å²) in [7, 11) is 0. The van der Waals surface area contributed by atoms with E-state index >= 15 is 0 Å². The minimum atomic E-state index is 0.187. The zero-order chi connectivity index (χ0) is 13.8. The Kier molecular flexibility index (Phi) is 4.21. The average Bonchev–Trinajstić information content (AvgIpc) is 2.46. The fourth-order valence-electron chi connectivity index (χ4n) is 2.28. The van der Waals surface area contributed by atoms with Crippen LogP contribution in [0.25, 0.3) is 0 Å². The van der Waals surface area contributed by atoms with Gasteiger partial charge in [0.1, 0.15) is 23.1 Å². The van der Waals surface area contributed by atoms with E-state index in [2.05, 4.69) is 16.4 Å². The van der Waals surface area contributed by atoms with E-state index in [1.807, 2.05) is 17.9 Å². The Balaban J connectivity index is 2.58. The summed E-state index contributed by atoms with van der Waals surface area (Å²) in [6.45, 7) is 5.19. The van der Waals surface area contributed by atoms with Crippen molar-refractivity contribution in [2.45, 2.75) is 13.3 Å². The van der Waals surface area contributed by atoms with Gasteiger partial charge in [-0.2, -0.15) is 10.5 Å². The van der Waals surface area contributed by atoms with Gasteiger partial charge in [0.05, 0.1) is 11.1 Å². The second-order valence-corrected chi connectivity index (χ2v) is 4.63. The van der Waals surface area contributed by atoms with Gasteiger partial charge in [0, 0.05) is 26.2 Å². The molecule has 1 N–H and O–H groups in total. The smallest absolute Gasteiger partial charge is 0.149 e. The first-order chi connectivity index (χ1) is 9.22. The maximum atomic E-state index is 9.39. The highest BCUT2D eigenvalue weighted by Crippen LogP contribution is 2.29. The maximum Gasteiger partial charge on any atom is 0.149 e. The van der Waals surface area contributed by atoms with E-state index in [4.69, 9.17) is 16.9 Å². The minimum absolute atomic E-state index is 0.187. The zero-order valence-electron chi connectivity index (χ0n) is 10.7. The van der Waals surface area contributed by atoms with Crippen LogP contribution in [0.1, 0.15) is 23.6 Å². The fraction of sp³-hybridized carbons (Fsp3) is 0.462. The monoisotopic (exact) mass is 275 g/mol. The first-order valence-corrected chi connectivity index (χ1v) is 6.59. The average molecular weight is 276 g/mol. The van der Waals surface area contributed by atoms with Crippen LogP contribution in [-0.2, 0) is 6.42 Å². The molecule has 1 aromatic rings. The first kappa shape index (κ1) is 13.6. The standard InChI is InChI=1S/C13H14ClN5/c1-2-9-10(7-15)12(14)18-13(11(9)8-16)19-5-3-17-4-6-19/h17H,2-6H2,1H3. The number of nitriles is 2. The summed E-state index contributed by atoms with van der Waals surface area (Å²) in [6, 6.07) is 4.22. The van der Waals surface area contributed by atoms with Gasteiger partial charge in [0.25, 0.3) is 0 Å². The molecule has 1 aliphatic heterocycles. The van der Waals surface area contributed by atoms with Crippen LogP contribution in [0.3, 0.4) is 0 Å². The fourth-order valence-corrected chi connectivity index (χ4v) is 2.52. The van der Waals surface area contributed by atoms with E-state index in [0.717, 1.165) is 26.2 Å². The minimum Gasteiger partial charge on any atom is -0.353 e. The molecule has 0 amide bonds. The van der Waals surface area contributed by atoms with Gasteiger partial charge in [0.2, 0.25) is 0 Å². The summed E-state index contributed by atoms with van der Waals surface area (Å²) in [5.74, 6) is 0.602. The van der Waals surface area contributed by atoms with Gasteiger partial charge < -0.3 is 10.2 Å². The molecule has 0 aromatic carbocycles. The van der Waals surface area contributed by atoms with Crippen molar-refractivity contribution in [3.8, 4) is 12.1 Å². The van der Waals surface area contributed by atoms with Crippen molar-refractivity contribution < 1.29 is 0 Å². The molecule has 0 bridgehead atoms. The summed E-state index contributed by atoms with van der Waals surface area (Å²) in [5.41, 5.74) is 1.49. The molecule has 19 heavy (non-hydrogen) atoms. The lowest BCUT2D eigenvalue weighted by Gasteiger charge is -2.29. The summed E-state index contributed by atoms with van der Waals surface area (Å²) < 4.78 is 0. The third-order valence-corrected chi connectivity index (χ3v) is 3.50. The van der Waals surface area contributed by atoms with Gasteiger partial charge in [-0.25, -0.2) is 4.98 Å². The van der Waals surface area contributed by atoms with Crippen LogP contribution < -0.4 is 10.2 Å². The number of pyridine rings is 1. The van der Waals surface area contributed by atoms with Crippen molar-refractivity contribution >= 4 is 17.4 Å². The summed E-state index contributed by atoms with van der Waals surface area (Å²) in [5, 5.41) is 22.0. The molecule has 1 aliphatic rings. The molecule has 98 valence electrons. The Hall–Kier alpha value is -1.82. The molecule has 1 saturated heterocycles. The van der Waals surface area contributed by atoms with Crippen LogP contribution in [0.15, 0.2) is 0 Å². The highest BCUT2D eigenvalue weighted by atomic mass is 35.5. The van der Waals surface area contributed by atoms with Crippen molar-refractivity contribution in [2.75, 3.05) is 31.1 Å². The molecular formula is C13H14ClN5. The molecule has 0 unspecified atom stereocenters. The van der Waals surface area contributed by atoms with Crippen LogP contribution in [-0.4, -0.2) is 31.2 Å². The number of hydrogen-bond donors (Lipinski definition) is 1. The van der Waals surface area contributed by atoms with Crippen LogP contribution in [0.4, 0.5) is 5.82 Å². The summed E-state index contributed by atoms with van der Waals surface area (Å²) in [6.07, 6.45) is 0.590. The highest BCUT2D eigenvalue weighted by Gasteiger charge is 2.22. The van der Waals surface area contributed by atoms with Crippen LogP contribution in [0.5, 0.6) is 0 Å². The maximum absolute atomic E-state index is 9.39. The molecule has 2 rings (SSSR count). The van der Waals surface area contributed by atoms with Gasteiger partial charge in [-0.1, -0.05) is 18.5 Å². The van der Waals surface area contributed by atoms with Crippen molar-refractivity contribution in [1.29, 1.82) is 10.5 Å². The van der Waals surface area contributed by atoms with E-state index < -0.39 is 0 Å². The van der Waals surface area contributed by atoms with Gasteiger partial charge in [-0.05, 0) is 12.0 Å². The van der Waals surface area contributed by atoms with Crippen LogP contribution in [0, 0.1) is 22.7 Å². The lowest BCUT2D eigenvalue weighted by molar-refractivity contribution is 0.584. The third-order valence-electron chi connectivity index (χ3n) is 3.23. The number of nitrogens with one attached hydrogen (secondary N) is 1. The molecule has 6 heteroatoms. The van der Waals surface area contributed by atoms with E-state index in [1.54, 1.807) is 0 Å². The predicted octanol–water partition coefficient (Wildman–Crippen LogP) is 1.45. The van der Waals surface area contributed by atoms with Crippen LogP contribution >= 0.6 is 11.6 Å². The molecule has 1 fully saturated rings. The van der Waals surface area contributed by atoms with Crippen molar-refractivity contribution in [2.24, 2.45) is 0 Å². The number of anilines is 1. The van der Waals surface area contributed by atoms with E-state index in [1.165, 1.54) is 0 Å². The molecule has 1 aromatic heterocycles. The SMILES string of the molecule is CCc1c(C#N)c(Cl)nc(N2CCNCC2)c1C#N. The van der Waals surface area contributed by atoms with Gasteiger partial charge in [-0.3, -0.25) is 0 Å². The van der Waals surface area contributed by atoms with Crippen LogP contribution in [0.2, 0.25) is 5.15 Å². The Morgan fingerprint density at radius 3 is 2.42 bits per heavy atom. The predicted molar refractivity (Wildman–Crippen MR) is 73.1 cm³/mol. The molecule has 0 spiro atoms. The van der Waals surface area contributed by atoms with E-state index in [-0.39, 0.29) is 5.15 Å². The Bertz CT molecular complexity index is 564. The van der Waals surface area contributed by atoms with Gasteiger partial charge in [-0.15, -0.1) is 0 Å². The number of halogens is 1. The van der Waals surface area contributed by atoms with E-state index in [9.17, 15) is 5.26 Å². The molecular weight excluding hydrogens is 262 g/mol. The molecule has 0 aliphatic carbocycles. The van der Waals surface area contributed by atoms with E-state index in [0.29, 0.717) is 28.9 Å². The second-order valence-electron chi connectivity index (χ2n) is 4.27. The lowest BCUT2D eigenvalue weighted by atomic mass is 10.0. The largest absolute Gasteiger partial charge is 0.353 e. The number of piperazine rings is 1. The van der Waals surface area contributed by atoms with Crippen molar-refractivity contribution in [1.82, 2.24) is 10.3 Å². The molecule has 0 saturated carbocycles. The Morgan fingerprint density at radius 1 is 1.26 bits per heavy atom. The van der Waals surface area contributed by atoms with Crippen molar-refractivity contribution in [3.05, 3.63) is 21.8 Å². The zero-order valence-corrected chi connectivity index (χ0v) is 11.5. The molecule has 5 nitrogen and oxygen atoms in total. The van der Waals surface area contributed by atoms with Gasteiger partial charge >= 0.3 is 0 Å². The number of nitrogens with zero attached hydrogens (tertiary/aromatic N) is 4. The highest BCUT2D eigenvalue weighted by molar-refractivity contribution is 6.30. The molecule has 0 radical (unpaired) electrons. The number of rotatable bonds is 2. The lowest BCUT2D eigenvalue weighted by Crippen LogP contribution is -2.44. The quantitative estimate of drug-likeness (QED) is 0.827. The first-order valence-electron chi connectivity index (χ1n) is 6.21. The normalized spacial score (nSPS) is 14.8. The molecule has 0 atom stereocenters. The Labute approximate surface area is 117 Å². The topological polar surface area (TPSA) is 75.7 Å². The Morgan fingerprint density at radius 2 is 1.89 bits per heavy atom. The number of aromatic nitrogens is 1. The summed E-state index contributed by atoms with van der Waals surface area (Å²) >= 11 is 6.08. The molecule has 2 heterocycles. The summed E-state index contributed by atoms with van der Waals surface area (Å²) in [4.78, 5) is 6.31. The van der Waals surface area contributed by atoms with Crippen molar-refractivity contribution in [3.63, 3.8) is 0 Å². The van der Waals surface area contributed by atoms with Gasteiger partial charge in [0.15, 0.2) is 0 Å².